The second-order valence-corrected chi connectivity index (χ2v) is 8.91. The van der Waals surface area contributed by atoms with Crippen molar-refractivity contribution in [3.63, 3.8) is 0 Å². The Bertz CT molecular complexity index is 1320. The molecule has 3 aromatic rings. The van der Waals surface area contributed by atoms with Gasteiger partial charge in [0.15, 0.2) is 5.78 Å². The van der Waals surface area contributed by atoms with Crippen LogP contribution in [0.25, 0.3) is 6.08 Å². The highest BCUT2D eigenvalue weighted by atomic mass is 35.5. The zero-order valence-electron chi connectivity index (χ0n) is 18.0. The number of nitro groups is 1. The smallest absolute Gasteiger partial charge is 0.293 e. The fourth-order valence-electron chi connectivity index (χ4n) is 3.20. The molecular formula is C25H17ClN2O6S. The van der Waals surface area contributed by atoms with Gasteiger partial charge in [-0.1, -0.05) is 23.7 Å². The van der Waals surface area contributed by atoms with Crippen LogP contribution in [0.2, 0.25) is 5.02 Å². The summed E-state index contributed by atoms with van der Waals surface area (Å²) in [7, 11) is 0. The maximum absolute atomic E-state index is 12.7. The van der Waals surface area contributed by atoms with Crippen molar-refractivity contribution in [2.24, 2.45) is 0 Å². The molecule has 0 bridgehead atoms. The molecule has 1 aliphatic rings. The summed E-state index contributed by atoms with van der Waals surface area (Å²) >= 11 is 6.61. The summed E-state index contributed by atoms with van der Waals surface area (Å²) in [5.74, 6) is -0.317. The molecule has 2 amide bonds. The van der Waals surface area contributed by atoms with E-state index in [1.807, 2.05) is 0 Å². The number of nitro benzene ring substituents is 1. The fourth-order valence-corrected chi connectivity index (χ4v) is 4.16. The van der Waals surface area contributed by atoms with Gasteiger partial charge in [-0.3, -0.25) is 29.4 Å². The lowest BCUT2D eigenvalue weighted by Gasteiger charge is -2.11. The van der Waals surface area contributed by atoms with Gasteiger partial charge in [0, 0.05) is 22.7 Å². The van der Waals surface area contributed by atoms with Crippen molar-refractivity contribution in [1.82, 2.24) is 4.90 Å². The first-order valence-corrected chi connectivity index (χ1v) is 11.5. The van der Waals surface area contributed by atoms with E-state index in [-0.39, 0.29) is 29.5 Å². The Morgan fingerprint density at radius 2 is 1.66 bits per heavy atom. The van der Waals surface area contributed by atoms with E-state index in [0.717, 1.165) is 22.2 Å². The minimum atomic E-state index is -0.527. The van der Waals surface area contributed by atoms with Gasteiger partial charge in [-0.25, -0.2) is 0 Å². The van der Waals surface area contributed by atoms with E-state index >= 15 is 0 Å². The number of carbonyl (C=O) groups excluding carboxylic acids is 3. The summed E-state index contributed by atoms with van der Waals surface area (Å²) in [5, 5.41) is 10.7. The Balaban J connectivity index is 1.37. The topological polar surface area (TPSA) is 107 Å². The third kappa shape index (κ3) is 5.95. The average Bonchev–Trinajstić information content (AvgIpc) is 3.11. The van der Waals surface area contributed by atoms with Gasteiger partial charge in [-0.05, 0) is 77.5 Å². The molecule has 0 spiro atoms. The van der Waals surface area contributed by atoms with Gasteiger partial charge < -0.3 is 4.74 Å². The van der Waals surface area contributed by atoms with Crippen molar-refractivity contribution in [2.45, 2.75) is 6.61 Å². The number of ether oxygens (including phenoxy) is 1. The number of rotatable bonds is 8. The first-order valence-electron chi connectivity index (χ1n) is 10.3. The molecule has 0 saturated carbocycles. The van der Waals surface area contributed by atoms with Gasteiger partial charge in [0.05, 0.1) is 16.4 Å². The first kappa shape index (κ1) is 24.2. The fraction of sp³-hybridized carbons (Fsp3) is 0.0800. The number of nitrogens with zero attached hydrogens (tertiary/aromatic N) is 2. The van der Waals surface area contributed by atoms with Crippen LogP contribution in [-0.4, -0.2) is 33.3 Å². The number of hydrogen-bond acceptors (Lipinski definition) is 7. The normalized spacial score (nSPS) is 14.4. The molecule has 10 heteroatoms. The Morgan fingerprint density at radius 3 is 2.29 bits per heavy atom. The highest BCUT2D eigenvalue weighted by molar-refractivity contribution is 8.18. The van der Waals surface area contributed by atoms with Crippen molar-refractivity contribution in [3.05, 3.63) is 110 Å². The molecule has 0 aliphatic carbocycles. The summed E-state index contributed by atoms with van der Waals surface area (Å²) in [5.41, 5.74) is 1.84. The maximum Gasteiger partial charge on any atom is 0.293 e. The quantitative estimate of drug-likeness (QED) is 0.165. The van der Waals surface area contributed by atoms with Crippen molar-refractivity contribution in [2.75, 3.05) is 6.54 Å². The summed E-state index contributed by atoms with van der Waals surface area (Å²) in [6.45, 7) is -0.114. The monoisotopic (exact) mass is 508 g/mol. The maximum atomic E-state index is 12.7. The number of imide groups is 1. The Morgan fingerprint density at radius 1 is 1.00 bits per heavy atom. The van der Waals surface area contributed by atoms with Gasteiger partial charge in [-0.2, -0.15) is 0 Å². The van der Waals surface area contributed by atoms with Gasteiger partial charge in [0.25, 0.3) is 16.8 Å². The van der Waals surface area contributed by atoms with Crippen molar-refractivity contribution < 1.29 is 24.0 Å². The predicted molar refractivity (Wildman–Crippen MR) is 132 cm³/mol. The minimum absolute atomic E-state index is 0.0110. The standard InChI is InChI=1S/C25H17ClN2O6S/c26-19-7-5-18(6-8-19)22(29)14-27-24(30)23(35-25(27)31)13-16-3-11-21(12-4-16)34-15-17-1-9-20(10-2-17)28(32)33/h1-13H,14-15H2/b23-13+. The van der Waals surface area contributed by atoms with E-state index in [4.69, 9.17) is 16.3 Å². The highest BCUT2D eigenvalue weighted by Crippen LogP contribution is 2.32. The molecule has 0 atom stereocenters. The molecule has 1 fully saturated rings. The number of amides is 2. The number of thioether (sulfide) groups is 1. The lowest BCUT2D eigenvalue weighted by Crippen LogP contribution is -2.33. The molecule has 1 aliphatic heterocycles. The molecule has 35 heavy (non-hydrogen) atoms. The van der Waals surface area contributed by atoms with Crippen LogP contribution < -0.4 is 4.74 Å². The van der Waals surface area contributed by atoms with Crippen LogP contribution in [0.3, 0.4) is 0 Å². The summed E-state index contributed by atoms with van der Waals surface area (Å²) in [6.07, 6.45) is 1.58. The van der Waals surface area contributed by atoms with Crippen LogP contribution >= 0.6 is 23.4 Å². The Hall–Kier alpha value is -3.95. The SMILES string of the molecule is O=C(CN1C(=O)S/C(=C/c2ccc(OCc3ccc([N+](=O)[O-])cc3)cc2)C1=O)c1ccc(Cl)cc1. The molecule has 8 nitrogen and oxygen atoms in total. The zero-order valence-corrected chi connectivity index (χ0v) is 19.6. The molecule has 176 valence electrons. The number of halogens is 1. The van der Waals surface area contributed by atoms with Crippen LogP contribution in [0.5, 0.6) is 5.75 Å². The Kier molecular flexibility index (Phi) is 7.28. The average molecular weight is 509 g/mol. The van der Waals surface area contributed by atoms with Crippen LogP contribution in [0.1, 0.15) is 21.5 Å². The predicted octanol–water partition coefficient (Wildman–Crippen LogP) is 5.75. The second-order valence-electron chi connectivity index (χ2n) is 7.48. The molecule has 1 heterocycles. The summed E-state index contributed by atoms with van der Waals surface area (Å²) in [6, 6.07) is 19.2. The summed E-state index contributed by atoms with van der Waals surface area (Å²) < 4.78 is 5.69. The van der Waals surface area contributed by atoms with Crippen LogP contribution in [0, 0.1) is 10.1 Å². The lowest BCUT2D eigenvalue weighted by molar-refractivity contribution is -0.384. The molecule has 4 rings (SSSR count). The van der Waals surface area contributed by atoms with Gasteiger partial charge >= 0.3 is 0 Å². The molecular weight excluding hydrogens is 492 g/mol. The van der Waals surface area contributed by atoms with Crippen molar-refractivity contribution >= 4 is 52.1 Å². The number of Topliss-reactive ketones (excluding diaryl/α,β-unsaturated/α-hetero) is 1. The van der Waals surface area contributed by atoms with Crippen LogP contribution in [0.15, 0.2) is 77.7 Å². The number of non-ortho nitro benzene ring substituents is 1. The third-order valence-corrected chi connectivity index (χ3v) is 6.23. The van der Waals surface area contributed by atoms with Gasteiger partial charge in [0.1, 0.15) is 12.4 Å². The van der Waals surface area contributed by atoms with E-state index in [1.165, 1.54) is 12.1 Å². The first-order chi connectivity index (χ1) is 16.8. The van der Waals surface area contributed by atoms with E-state index < -0.39 is 16.1 Å². The zero-order chi connectivity index (χ0) is 24.9. The third-order valence-electron chi connectivity index (χ3n) is 5.07. The van der Waals surface area contributed by atoms with E-state index in [1.54, 1.807) is 66.7 Å². The van der Waals surface area contributed by atoms with Gasteiger partial charge in [0.2, 0.25) is 0 Å². The molecule has 1 saturated heterocycles. The molecule has 0 N–H and O–H groups in total. The Labute approximate surface area is 209 Å². The number of benzene rings is 3. The lowest BCUT2D eigenvalue weighted by atomic mass is 10.1. The van der Waals surface area contributed by atoms with Crippen molar-refractivity contribution in [1.29, 1.82) is 0 Å². The number of hydrogen-bond donors (Lipinski definition) is 0. The molecule has 0 unspecified atom stereocenters. The number of ketones is 1. The number of carbonyl (C=O) groups is 3. The van der Waals surface area contributed by atoms with E-state index in [2.05, 4.69) is 0 Å². The largest absolute Gasteiger partial charge is 0.489 e. The molecule has 0 radical (unpaired) electrons. The van der Waals surface area contributed by atoms with Crippen molar-refractivity contribution in [3.8, 4) is 5.75 Å². The minimum Gasteiger partial charge on any atom is -0.489 e. The van der Waals surface area contributed by atoms with Crippen LogP contribution in [0.4, 0.5) is 10.5 Å². The highest BCUT2D eigenvalue weighted by Gasteiger charge is 2.36. The van der Waals surface area contributed by atoms with Crippen LogP contribution in [-0.2, 0) is 11.4 Å². The van der Waals surface area contributed by atoms with E-state index in [0.29, 0.717) is 21.9 Å². The second kappa shape index (κ2) is 10.5. The van der Waals surface area contributed by atoms with E-state index in [9.17, 15) is 24.5 Å². The molecule has 3 aromatic carbocycles. The van der Waals surface area contributed by atoms with Gasteiger partial charge in [-0.15, -0.1) is 0 Å². The molecule has 0 aromatic heterocycles. The summed E-state index contributed by atoms with van der Waals surface area (Å²) in [4.78, 5) is 48.9.